The third-order valence-corrected chi connectivity index (χ3v) is 7.71. The maximum absolute atomic E-state index is 13.1. The quantitative estimate of drug-likeness (QED) is 0.767. The van der Waals surface area contributed by atoms with E-state index in [2.05, 4.69) is 5.32 Å². The van der Waals surface area contributed by atoms with Gasteiger partial charge in [-0.2, -0.15) is 4.31 Å². The maximum atomic E-state index is 13.1. The number of ether oxygens (including phenoxy) is 2. The van der Waals surface area contributed by atoms with Crippen molar-refractivity contribution in [2.45, 2.75) is 37.1 Å². The number of sulfonamides is 1. The molecule has 1 N–H and O–H groups in total. The number of benzene rings is 2. The van der Waals surface area contributed by atoms with Gasteiger partial charge in [-0.25, -0.2) is 8.42 Å². The predicted molar refractivity (Wildman–Crippen MR) is 117 cm³/mol. The van der Waals surface area contributed by atoms with Gasteiger partial charge in [-0.15, -0.1) is 0 Å². The van der Waals surface area contributed by atoms with E-state index in [1.165, 1.54) is 4.31 Å². The van der Waals surface area contributed by atoms with E-state index >= 15 is 0 Å². The van der Waals surface area contributed by atoms with E-state index in [0.29, 0.717) is 44.1 Å². The number of fused-ring (bicyclic) bond motifs is 1. The van der Waals surface area contributed by atoms with E-state index in [0.717, 1.165) is 5.56 Å². The molecule has 4 rings (SSSR count). The molecule has 7 nitrogen and oxygen atoms in total. The lowest BCUT2D eigenvalue weighted by molar-refractivity contribution is -0.127. The Kier molecular flexibility index (Phi) is 5.94. The van der Waals surface area contributed by atoms with Crippen molar-refractivity contribution in [3.8, 4) is 11.5 Å². The average molecular weight is 445 g/mol. The Morgan fingerprint density at radius 2 is 1.77 bits per heavy atom. The third-order valence-electron chi connectivity index (χ3n) is 5.84. The Balaban J connectivity index is 1.46. The van der Waals surface area contributed by atoms with E-state index < -0.39 is 21.5 Å². The summed E-state index contributed by atoms with van der Waals surface area (Å²) in [5.41, 5.74) is 0.253. The molecule has 2 heterocycles. The molecule has 0 bridgehead atoms. The van der Waals surface area contributed by atoms with Crippen molar-refractivity contribution in [3.63, 3.8) is 0 Å². The topological polar surface area (TPSA) is 84.9 Å². The minimum Gasteiger partial charge on any atom is -0.486 e. The molecular formula is C23H28N2O5S. The van der Waals surface area contributed by atoms with Crippen LogP contribution in [0.15, 0.2) is 53.4 Å². The Labute approximate surface area is 183 Å². The first-order valence-corrected chi connectivity index (χ1v) is 12.0. The lowest BCUT2D eigenvalue weighted by Gasteiger charge is -2.34. The summed E-state index contributed by atoms with van der Waals surface area (Å²) in [6, 6.07) is 14.0. The minimum atomic E-state index is -3.61. The Bertz CT molecular complexity index is 1050. The molecule has 31 heavy (non-hydrogen) atoms. The zero-order chi connectivity index (χ0) is 22.1. The molecule has 1 saturated heterocycles. The second-order valence-corrected chi connectivity index (χ2v) is 10.4. The Morgan fingerprint density at radius 3 is 2.52 bits per heavy atom. The second-order valence-electron chi connectivity index (χ2n) is 8.49. The van der Waals surface area contributed by atoms with Crippen LogP contribution in [-0.2, 0) is 20.4 Å². The monoisotopic (exact) mass is 444 g/mol. The molecule has 2 aliphatic rings. The summed E-state index contributed by atoms with van der Waals surface area (Å²) in [6.45, 7) is 5.48. The summed E-state index contributed by atoms with van der Waals surface area (Å²) < 4.78 is 38.6. The zero-order valence-corrected chi connectivity index (χ0v) is 18.7. The van der Waals surface area contributed by atoms with E-state index in [9.17, 15) is 13.2 Å². The molecule has 1 amide bonds. The van der Waals surface area contributed by atoms with Gasteiger partial charge >= 0.3 is 0 Å². The summed E-state index contributed by atoms with van der Waals surface area (Å²) in [5.74, 6) is 0.826. The zero-order valence-electron chi connectivity index (χ0n) is 17.8. The van der Waals surface area contributed by atoms with Gasteiger partial charge in [0.1, 0.15) is 13.2 Å². The third kappa shape index (κ3) is 4.55. The fourth-order valence-corrected chi connectivity index (χ4v) is 5.58. The van der Waals surface area contributed by atoms with Crippen LogP contribution in [-0.4, -0.2) is 44.9 Å². The largest absolute Gasteiger partial charge is 0.486 e. The number of carbonyl (C=O) groups excluding carboxylic acids is 1. The normalized spacial score (nSPS) is 19.6. The number of nitrogens with one attached hydrogen (secondary N) is 1. The Morgan fingerprint density at radius 1 is 1.06 bits per heavy atom. The summed E-state index contributed by atoms with van der Waals surface area (Å²) in [5, 5.41) is 3.10. The van der Waals surface area contributed by atoms with Gasteiger partial charge in [0.15, 0.2) is 11.5 Å². The van der Waals surface area contributed by atoms with Crippen molar-refractivity contribution in [2.75, 3.05) is 26.3 Å². The van der Waals surface area contributed by atoms with E-state index in [1.54, 1.807) is 30.3 Å². The molecule has 0 aliphatic carbocycles. The number of amides is 1. The van der Waals surface area contributed by atoms with Crippen LogP contribution >= 0.6 is 0 Å². The lowest BCUT2D eigenvalue weighted by Crippen LogP contribution is -2.49. The van der Waals surface area contributed by atoms with Crippen LogP contribution < -0.4 is 14.8 Å². The summed E-state index contributed by atoms with van der Waals surface area (Å²) in [6.07, 6.45) is 1.30. The molecule has 0 spiro atoms. The number of hydrogen-bond acceptors (Lipinski definition) is 5. The smallest absolute Gasteiger partial charge is 0.243 e. The molecule has 8 heteroatoms. The molecule has 166 valence electrons. The van der Waals surface area contributed by atoms with Gasteiger partial charge in [-0.05, 0) is 56.5 Å². The second kappa shape index (κ2) is 8.51. The Hall–Kier alpha value is -2.58. The standard InChI is InChI=1S/C23H28N2O5S/c1-23(2,18-10-11-20-21(15-18)30-14-13-29-20)24-22(26)17-7-6-12-25(16-17)31(27,28)19-8-4-3-5-9-19/h3-5,8-11,15,17H,6-7,12-14,16H2,1-2H3,(H,24,26). The number of rotatable bonds is 5. The highest BCUT2D eigenvalue weighted by Gasteiger charge is 2.35. The first-order valence-electron chi connectivity index (χ1n) is 10.5. The van der Waals surface area contributed by atoms with Gasteiger partial charge in [0, 0.05) is 13.1 Å². The molecule has 2 aromatic rings. The van der Waals surface area contributed by atoms with Crippen LogP contribution in [0, 0.1) is 5.92 Å². The van der Waals surface area contributed by atoms with Gasteiger partial charge in [-0.3, -0.25) is 4.79 Å². The highest BCUT2D eigenvalue weighted by atomic mass is 32.2. The number of carbonyl (C=O) groups is 1. The van der Waals surface area contributed by atoms with Crippen molar-refractivity contribution >= 4 is 15.9 Å². The number of piperidine rings is 1. The van der Waals surface area contributed by atoms with Crippen molar-refractivity contribution < 1.29 is 22.7 Å². The van der Waals surface area contributed by atoms with Gasteiger partial charge < -0.3 is 14.8 Å². The highest BCUT2D eigenvalue weighted by molar-refractivity contribution is 7.89. The molecule has 2 aromatic carbocycles. The lowest BCUT2D eigenvalue weighted by atomic mass is 9.91. The summed E-state index contributed by atoms with van der Waals surface area (Å²) in [7, 11) is -3.61. The molecule has 0 saturated carbocycles. The SMILES string of the molecule is CC(C)(NC(=O)C1CCCN(S(=O)(=O)c2ccccc2)C1)c1ccc2c(c1)OCCO2. The highest BCUT2D eigenvalue weighted by Crippen LogP contribution is 2.34. The van der Waals surface area contributed by atoms with Crippen LogP contribution in [0.5, 0.6) is 11.5 Å². The van der Waals surface area contributed by atoms with Gasteiger partial charge in [-0.1, -0.05) is 24.3 Å². The van der Waals surface area contributed by atoms with Crippen LogP contribution in [0.1, 0.15) is 32.3 Å². The minimum absolute atomic E-state index is 0.146. The van der Waals surface area contributed by atoms with Crippen molar-refractivity contribution in [3.05, 3.63) is 54.1 Å². The number of nitrogens with zero attached hydrogens (tertiary/aromatic N) is 1. The van der Waals surface area contributed by atoms with E-state index in [-0.39, 0.29) is 17.3 Å². The van der Waals surface area contributed by atoms with Crippen LogP contribution in [0.25, 0.3) is 0 Å². The van der Waals surface area contributed by atoms with Crippen LogP contribution in [0.3, 0.4) is 0 Å². The molecule has 1 fully saturated rings. The molecule has 2 aliphatic heterocycles. The fraction of sp³-hybridized carbons (Fsp3) is 0.435. The maximum Gasteiger partial charge on any atom is 0.243 e. The van der Waals surface area contributed by atoms with Gasteiger partial charge in [0.05, 0.1) is 16.4 Å². The van der Waals surface area contributed by atoms with E-state index in [4.69, 9.17) is 9.47 Å². The molecular weight excluding hydrogens is 416 g/mol. The first kappa shape index (κ1) is 21.6. The molecule has 0 radical (unpaired) electrons. The predicted octanol–water partition coefficient (Wildman–Crippen LogP) is 2.91. The van der Waals surface area contributed by atoms with Crippen LogP contribution in [0.4, 0.5) is 0 Å². The van der Waals surface area contributed by atoms with Crippen molar-refractivity contribution in [1.29, 1.82) is 0 Å². The fourth-order valence-electron chi connectivity index (χ4n) is 4.03. The summed E-state index contributed by atoms with van der Waals surface area (Å²) in [4.78, 5) is 13.4. The van der Waals surface area contributed by atoms with Crippen LogP contribution in [0.2, 0.25) is 0 Å². The first-order chi connectivity index (χ1) is 14.8. The van der Waals surface area contributed by atoms with Crippen molar-refractivity contribution in [1.82, 2.24) is 9.62 Å². The van der Waals surface area contributed by atoms with Crippen molar-refractivity contribution in [2.24, 2.45) is 5.92 Å². The molecule has 1 unspecified atom stereocenters. The average Bonchev–Trinajstić information content (AvgIpc) is 2.79. The van der Waals surface area contributed by atoms with Gasteiger partial charge in [0.2, 0.25) is 15.9 Å². The molecule has 0 aromatic heterocycles. The number of hydrogen-bond donors (Lipinski definition) is 1. The molecule has 1 atom stereocenters. The van der Waals surface area contributed by atoms with Gasteiger partial charge in [0.25, 0.3) is 0 Å². The summed E-state index contributed by atoms with van der Waals surface area (Å²) >= 11 is 0. The van der Waals surface area contributed by atoms with E-state index in [1.807, 2.05) is 32.0 Å².